The molecule has 2 heterocycles. The van der Waals surface area contributed by atoms with Gasteiger partial charge in [0.2, 0.25) is 5.91 Å². The molecule has 0 saturated carbocycles. The lowest BCUT2D eigenvalue weighted by Crippen LogP contribution is -2.37. The summed E-state index contributed by atoms with van der Waals surface area (Å²) < 4.78 is 0. The maximum Gasteiger partial charge on any atom is 0.251 e. The van der Waals surface area contributed by atoms with Crippen LogP contribution in [0.15, 0.2) is 48.5 Å². The summed E-state index contributed by atoms with van der Waals surface area (Å²) >= 11 is 0. The van der Waals surface area contributed by atoms with Gasteiger partial charge < -0.3 is 10.6 Å². The highest BCUT2D eigenvalue weighted by molar-refractivity contribution is 6.02. The Morgan fingerprint density at radius 3 is 2.88 bits per heavy atom. The lowest BCUT2D eigenvalue weighted by Gasteiger charge is -2.17. The maximum absolute atomic E-state index is 12.5. The second kappa shape index (κ2) is 6.69. The molecule has 0 spiro atoms. The van der Waals surface area contributed by atoms with Crippen LogP contribution in [0.2, 0.25) is 0 Å². The predicted molar refractivity (Wildman–Crippen MR) is 96.4 cm³/mol. The topological polar surface area (TPSA) is 61.4 Å². The van der Waals surface area contributed by atoms with E-state index in [0.29, 0.717) is 12.0 Å². The summed E-state index contributed by atoms with van der Waals surface area (Å²) in [5.41, 5.74) is 3.61. The monoisotopic (exact) mass is 335 g/mol. The van der Waals surface area contributed by atoms with E-state index in [-0.39, 0.29) is 17.9 Å². The fourth-order valence-corrected chi connectivity index (χ4v) is 3.56. The van der Waals surface area contributed by atoms with Crippen LogP contribution >= 0.6 is 0 Å². The summed E-state index contributed by atoms with van der Waals surface area (Å²) in [6.07, 6.45) is 1.36. The van der Waals surface area contributed by atoms with Crippen LogP contribution in [0.3, 0.4) is 0 Å². The summed E-state index contributed by atoms with van der Waals surface area (Å²) in [5.74, 6) is -0.0876. The molecule has 2 aliphatic heterocycles. The lowest BCUT2D eigenvalue weighted by atomic mass is 10.1. The second-order valence-electron chi connectivity index (χ2n) is 6.78. The van der Waals surface area contributed by atoms with Gasteiger partial charge in [0.15, 0.2) is 0 Å². The maximum atomic E-state index is 12.5. The van der Waals surface area contributed by atoms with E-state index in [4.69, 9.17) is 0 Å². The minimum absolute atomic E-state index is 0.0140. The molecule has 1 atom stereocenters. The van der Waals surface area contributed by atoms with Crippen LogP contribution in [0.4, 0.5) is 5.69 Å². The SMILES string of the molecule is O=C1Cc2ccc(C(=O)NC3CCN(Cc4ccccc4)C3)cc2N1. The highest BCUT2D eigenvalue weighted by Crippen LogP contribution is 2.24. The minimum Gasteiger partial charge on any atom is -0.348 e. The number of amides is 2. The largest absolute Gasteiger partial charge is 0.348 e. The van der Waals surface area contributed by atoms with Gasteiger partial charge in [-0.25, -0.2) is 0 Å². The van der Waals surface area contributed by atoms with E-state index in [1.165, 1.54) is 5.56 Å². The van der Waals surface area contributed by atoms with E-state index in [2.05, 4.69) is 39.8 Å². The third-order valence-electron chi connectivity index (χ3n) is 4.85. The van der Waals surface area contributed by atoms with Crippen molar-refractivity contribution in [2.45, 2.75) is 25.4 Å². The molecule has 4 rings (SSSR count). The standard InChI is InChI=1S/C20H21N3O2/c24-19-11-15-6-7-16(10-18(15)22-19)20(25)21-17-8-9-23(13-17)12-14-4-2-1-3-5-14/h1-7,10,17H,8-9,11-13H2,(H,21,25)(H,22,24). The van der Waals surface area contributed by atoms with Gasteiger partial charge in [0.25, 0.3) is 5.91 Å². The number of hydrogen-bond donors (Lipinski definition) is 2. The van der Waals surface area contributed by atoms with E-state index >= 15 is 0 Å². The molecule has 5 nitrogen and oxygen atoms in total. The number of rotatable bonds is 4. The van der Waals surface area contributed by atoms with Gasteiger partial charge in [0.05, 0.1) is 6.42 Å². The van der Waals surface area contributed by atoms with Gasteiger partial charge in [-0.05, 0) is 29.7 Å². The van der Waals surface area contributed by atoms with Gasteiger partial charge in [-0.15, -0.1) is 0 Å². The molecule has 5 heteroatoms. The highest BCUT2D eigenvalue weighted by Gasteiger charge is 2.25. The first kappa shape index (κ1) is 15.8. The highest BCUT2D eigenvalue weighted by atomic mass is 16.2. The van der Waals surface area contributed by atoms with Crippen LogP contribution in [0.1, 0.15) is 27.9 Å². The number of fused-ring (bicyclic) bond motifs is 1. The Morgan fingerprint density at radius 1 is 1.20 bits per heavy atom. The molecule has 2 N–H and O–H groups in total. The van der Waals surface area contributed by atoms with Crippen LogP contribution in [-0.4, -0.2) is 35.8 Å². The summed E-state index contributed by atoms with van der Waals surface area (Å²) in [6, 6.07) is 16.0. The summed E-state index contributed by atoms with van der Waals surface area (Å²) in [6.45, 7) is 2.76. The number of hydrogen-bond acceptors (Lipinski definition) is 3. The molecule has 0 radical (unpaired) electrons. The molecule has 1 unspecified atom stereocenters. The fraction of sp³-hybridized carbons (Fsp3) is 0.300. The van der Waals surface area contributed by atoms with Gasteiger partial charge >= 0.3 is 0 Å². The third-order valence-corrected chi connectivity index (χ3v) is 4.85. The van der Waals surface area contributed by atoms with Crippen molar-refractivity contribution in [2.75, 3.05) is 18.4 Å². The minimum atomic E-state index is -0.0736. The van der Waals surface area contributed by atoms with Gasteiger partial charge in [-0.1, -0.05) is 36.4 Å². The first-order valence-electron chi connectivity index (χ1n) is 8.67. The van der Waals surface area contributed by atoms with Crippen molar-refractivity contribution in [2.24, 2.45) is 0 Å². The molecule has 2 aromatic carbocycles. The van der Waals surface area contributed by atoms with Gasteiger partial charge in [0.1, 0.15) is 0 Å². The Hall–Kier alpha value is -2.66. The third kappa shape index (κ3) is 3.56. The van der Waals surface area contributed by atoms with Crippen LogP contribution < -0.4 is 10.6 Å². The molecule has 1 fully saturated rings. The first-order valence-corrected chi connectivity index (χ1v) is 8.67. The van der Waals surface area contributed by atoms with Crippen LogP contribution in [0, 0.1) is 0 Å². The zero-order valence-corrected chi connectivity index (χ0v) is 14.0. The van der Waals surface area contributed by atoms with E-state index in [0.717, 1.165) is 37.3 Å². The molecular formula is C20H21N3O2. The van der Waals surface area contributed by atoms with Crippen LogP contribution in [-0.2, 0) is 17.8 Å². The average molecular weight is 335 g/mol. The zero-order chi connectivity index (χ0) is 17.2. The van der Waals surface area contributed by atoms with Crippen molar-refractivity contribution >= 4 is 17.5 Å². The summed E-state index contributed by atoms with van der Waals surface area (Å²) in [4.78, 5) is 26.3. The van der Waals surface area contributed by atoms with Crippen LogP contribution in [0.25, 0.3) is 0 Å². The Balaban J connectivity index is 1.34. The van der Waals surface area contributed by atoms with Crippen molar-refractivity contribution in [3.05, 3.63) is 65.2 Å². The van der Waals surface area contributed by atoms with E-state index < -0.39 is 0 Å². The smallest absolute Gasteiger partial charge is 0.251 e. The number of nitrogens with zero attached hydrogens (tertiary/aromatic N) is 1. The lowest BCUT2D eigenvalue weighted by molar-refractivity contribution is -0.115. The Bertz CT molecular complexity index is 804. The Labute approximate surface area is 147 Å². The van der Waals surface area contributed by atoms with Gasteiger partial charge in [0, 0.05) is 36.9 Å². The van der Waals surface area contributed by atoms with Crippen molar-refractivity contribution in [3.63, 3.8) is 0 Å². The van der Waals surface area contributed by atoms with Crippen molar-refractivity contribution in [1.82, 2.24) is 10.2 Å². The van der Waals surface area contributed by atoms with Crippen LogP contribution in [0.5, 0.6) is 0 Å². The molecule has 128 valence electrons. The molecule has 2 amide bonds. The van der Waals surface area contributed by atoms with Gasteiger partial charge in [-0.2, -0.15) is 0 Å². The van der Waals surface area contributed by atoms with E-state index in [9.17, 15) is 9.59 Å². The van der Waals surface area contributed by atoms with Crippen molar-refractivity contribution in [1.29, 1.82) is 0 Å². The first-order chi connectivity index (χ1) is 12.2. The normalized spacial score (nSPS) is 19.5. The molecule has 2 aromatic rings. The number of carbonyl (C=O) groups is 2. The molecule has 25 heavy (non-hydrogen) atoms. The van der Waals surface area contributed by atoms with E-state index in [1.54, 1.807) is 12.1 Å². The Morgan fingerprint density at radius 2 is 2.04 bits per heavy atom. The molecule has 0 aromatic heterocycles. The fourth-order valence-electron chi connectivity index (χ4n) is 3.56. The van der Waals surface area contributed by atoms with Crippen molar-refractivity contribution < 1.29 is 9.59 Å². The number of nitrogens with one attached hydrogen (secondary N) is 2. The van der Waals surface area contributed by atoms with Gasteiger partial charge in [-0.3, -0.25) is 14.5 Å². The molecule has 1 saturated heterocycles. The number of anilines is 1. The Kier molecular flexibility index (Phi) is 4.24. The predicted octanol–water partition coefficient (Wildman–Crippen LogP) is 2.19. The second-order valence-corrected chi connectivity index (χ2v) is 6.78. The molecular weight excluding hydrogens is 314 g/mol. The molecule has 0 aliphatic carbocycles. The average Bonchev–Trinajstić information content (AvgIpc) is 3.20. The molecule has 0 bridgehead atoms. The molecule has 2 aliphatic rings. The summed E-state index contributed by atoms with van der Waals surface area (Å²) in [5, 5.41) is 5.91. The zero-order valence-electron chi connectivity index (χ0n) is 14.0. The number of carbonyl (C=O) groups excluding carboxylic acids is 2. The number of benzene rings is 2. The quantitative estimate of drug-likeness (QED) is 0.900. The van der Waals surface area contributed by atoms with Crippen molar-refractivity contribution in [3.8, 4) is 0 Å². The summed E-state index contributed by atoms with van der Waals surface area (Å²) in [7, 11) is 0. The van der Waals surface area contributed by atoms with E-state index in [1.807, 2.05) is 12.1 Å². The number of likely N-dealkylation sites (tertiary alicyclic amines) is 1.